The Morgan fingerprint density at radius 1 is 1.28 bits per heavy atom. The van der Waals surface area contributed by atoms with Crippen molar-refractivity contribution >= 4 is 28.5 Å². The zero-order chi connectivity index (χ0) is 12.8. The van der Waals surface area contributed by atoms with Crippen molar-refractivity contribution in [1.29, 1.82) is 0 Å². The summed E-state index contributed by atoms with van der Waals surface area (Å²) in [6.45, 7) is 2.24. The molecule has 1 heterocycles. The number of hydrogen-bond donors (Lipinski definition) is 1. The van der Waals surface area contributed by atoms with Crippen LogP contribution in [0.15, 0.2) is 46.1 Å². The van der Waals surface area contributed by atoms with Crippen LogP contribution >= 0.6 is 23.2 Å². The average molecular weight is 281 g/mol. The topological polar surface area (TPSA) is 24.4 Å². The van der Waals surface area contributed by atoms with Gasteiger partial charge in [-0.15, -0.1) is 0 Å². The molecule has 4 heteroatoms. The summed E-state index contributed by atoms with van der Waals surface area (Å²) in [6, 6.07) is 10.5. The third-order valence-corrected chi connectivity index (χ3v) is 4.55. The lowest BCUT2D eigenvalue weighted by molar-refractivity contribution is 0.445. The zero-order valence-electron chi connectivity index (χ0n) is 10.1. The van der Waals surface area contributed by atoms with Crippen LogP contribution in [-0.2, 0) is 5.41 Å². The molecule has 18 heavy (non-hydrogen) atoms. The fraction of sp³-hybridized carbons (Fsp3) is 0.357. The summed E-state index contributed by atoms with van der Waals surface area (Å²) in [5.74, 6) is 0. The molecular weight excluding hydrogens is 267 g/mol. The first-order valence-electron chi connectivity index (χ1n) is 6.05. The van der Waals surface area contributed by atoms with Gasteiger partial charge in [-0.2, -0.15) is 0 Å². The van der Waals surface area contributed by atoms with Crippen molar-refractivity contribution in [3.63, 3.8) is 0 Å². The highest BCUT2D eigenvalue weighted by molar-refractivity contribution is 6.65. The molecule has 1 aliphatic heterocycles. The summed E-state index contributed by atoms with van der Waals surface area (Å²) in [7, 11) is 0. The molecule has 0 amide bonds. The van der Waals surface area contributed by atoms with E-state index in [0.29, 0.717) is 10.5 Å². The van der Waals surface area contributed by atoms with Crippen LogP contribution < -0.4 is 5.32 Å². The van der Waals surface area contributed by atoms with Gasteiger partial charge in [0.05, 0.1) is 6.04 Å². The zero-order valence-corrected chi connectivity index (χ0v) is 11.6. The molecule has 1 aromatic carbocycles. The Morgan fingerprint density at radius 2 is 2.00 bits per heavy atom. The van der Waals surface area contributed by atoms with Gasteiger partial charge < -0.3 is 5.32 Å². The van der Waals surface area contributed by atoms with Crippen LogP contribution in [0.25, 0.3) is 0 Å². The van der Waals surface area contributed by atoms with Gasteiger partial charge in [0.2, 0.25) is 0 Å². The number of nitrogens with one attached hydrogen (secondary N) is 1. The SMILES string of the molecule is CC1(c2ccccc2)CCC2=C(Cl)NC(Cl)=NC21. The summed E-state index contributed by atoms with van der Waals surface area (Å²) in [4.78, 5) is 4.55. The van der Waals surface area contributed by atoms with E-state index in [1.807, 2.05) is 6.07 Å². The van der Waals surface area contributed by atoms with Gasteiger partial charge in [0.25, 0.3) is 0 Å². The Morgan fingerprint density at radius 3 is 2.72 bits per heavy atom. The van der Waals surface area contributed by atoms with Crippen molar-refractivity contribution in [3.8, 4) is 0 Å². The van der Waals surface area contributed by atoms with E-state index in [4.69, 9.17) is 23.2 Å². The molecule has 0 radical (unpaired) electrons. The summed E-state index contributed by atoms with van der Waals surface area (Å²) in [5.41, 5.74) is 2.45. The van der Waals surface area contributed by atoms with Gasteiger partial charge in [-0.05, 0) is 35.6 Å². The Bertz CT molecular complexity index is 536. The molecule has 1 saturated carbocycles. The highest BCUT2D eigenvalue weighted by atomic mass is 35.5. The van der Waals surface area contributed by atoms with Crippen molar-refractivity contribution in [2.45, 2.75) is 31.2 Å². The smallest absolute Gasteiger partial charge is 0.197 e. The van der Waals surface area contributed by atoms with Gasteiger partial charge in [0.15, 0.2) is 5.29 Å². The average Bonchev–Trinajstić information content (AvgIpc) is 2.70. The standard InChI is InChI=1S/C14H14Cl2N2/c1-14(9-5-3-2-4-6-9)8-7-10-11(14)17-13(16)18-12(10)15/h2-6,11H,7-8H2,1H3,(H,17,18). The number of hydrogen-bond acceptors (Lipinski definition) is 2. The van der Waals surface area contributed by atoms with Gasteiger partial charge >= 0.3 is 0 Å². The maximum Gasteiger partial charge on any atom is 0.197 e. The van der Waals surface area contributed by atoms with E-state index in [2.05, 4.69) is 41.5 Å². The number of nitrogens with zero attached hydrogens (tertiary/aromatic N) is 1. The minimum absolute atomic E-state index is 0.0149. The molecule has 2 aliphatic rings. The van der Waals surface area contributed by atoms with Crippen LogP contribution in [0.1, 0.15) is 25.3 Å². The van der Waals surface area contributed by atoms with Crippen molar-refractivity contribution in [3.05, 3.63) is 46.6 Å². The predicted octanol–water partition coefficient (Wildman–Crippen LogP) is 3.76. The van der Waals surface area contributed by atoms with Crippen LogP contribution in [-0.4, -0.2) is 11.3 Å². The minimum Gasteiger partial charge on any atom is -0.321 e. The fourth-order valence-corrected chi connectivity index (χ4v) is 3.47. The monoisotopic (exact) mass is 280 g/mol. The number of aliphatic imine (C=N–C) groups is 1. The van der Waals surface area contributed by atoms with E-state index in [1.54, 1.807) is 0 Å². The molecule has 94 valence electrons. The molecule has 2 atom stereocenters. The molecule has 0 aromatic heterocycles. The molecule has 1 fully saturated rings. The first-order valence-corrected chi connectivity index (χ1v) is 6.81. The van der Waals surface area contributed by atoms with Crippen LogP contribution in [0.2, 0.25) is 0 Å². The van der Waals surface area contributed by atoms with Crippen molar-refractivity contribution < 1.29 is 0 Å². The molecule has 1 aliphatic carbocycles. The van der Waals surface area contributed by atoms with Crippen molar-refractivity contribution in [1.82, 2.24) is 5.32 Å². The van der Waals surface area contributed by atoms with Gasteiger partial charge in [0.1, 0.15) is 5.16 Å². The lowest BCUT2D eigenvalue weighted by Gasteiger charge is -2.32. The lowest BCUT2D eigenvalue weighted by atomic mass is 9.77. The second-order valence-corrected chi connectivity index (χ2v) is 5.81. The van der Waals surface area contributed by atoms with Gasteiger partial charge in [-0.3, -0.25) is 0 Å². The maximum absolute atomic E-state index is 6.23. The Labute approximate surface area is 117 Å². The second kappa shape index (κ2) is 4.29. The largest absolute Gasteiger partial charge is 0.321 e. The number of amidine groups is 1. The number of fused-ring (bicyclic) bond motifs is 1. The predicted molar refractivity (Wildman–Crippen MR) is 76.1 cm³/mol. The van der Waals surface area contributed by atoms with E-state index < -0.39 is 0 Å². The summed E-state index contributed by atoms with van der Waals surface area (Å²) in [6.07, 6.45) is 2.01. The third kappa shape index (κ3) is 1.75. The third-order valence-electron chi connectivity index (χ3n) is 4.02. The van der Waals surface area contributed by atoms with Gasteiger partial charge in [0, 0.05) is 5.41 Å². The molecule has 2 unspecified atom stereocenters. The van der Waals surface area contributed by atoms with Gasteiger partial charge in [-0.25, -0.2) is 4.99 Å². The first-order chi connectivity index (χ1) is 8.61. The normalized spacial score (nSPS) is 30.8. The molecule has 0 spiro atoms. The Balaban J connectivity index is 2.08. The Hall–Kier alpha value is -0.990. The molecule has 1 N–H and O–H groups in total. The summed E-state index contributed by atoms with van der Waals surface area (Å²) >= 11 is 12.2. The molecule has 1 aromatic rings. The highest BCUT2D eigenvalue weighted by Gasteiger charge is 2.45. The van der Waals surface area contributed by atoms with Crippen LogP contribution in [0.4, 0.5) is 0 Å². The van der Waals surface area contributed by atoms with E-state index in [-0.39, 0.29) is 11.5 Å². The minimum atomic E-state index is -0.0149. The van der Waals surface area contributed by atoms with Crippen LogP contribution in [0.3, 0.4) is 0 Å². The Kier molecular flexibility index (Phi) is 2.87. The van der Waals surface area contributed by atoms with E-state index in [9.17, 15) is 0 Å². The van der Waals surface area contributed by atoms with E-state index in [0.717, 1.165) is 12.8 Å². The molecule has 0 bridgehead atoms. The van der Waals surface area contributed by atoms with E-state index >= 15 is 0 Å². The van der Waals surface area contributed by atoms with Crippen LogP contribution in [0.5, 0.6) is 0 Å². The second-order valence-electron chi connectivity index (χ2n) is 5.07. The quantitative estimate of drug-likeness (QED) is 0.779. The van der Waals surface area contributed by atoms with Crippen molar-refractivity contribution in [2.24, 2.45) is 4.99 Å². The number of benzene rings is 1. The summed E-state index contributed by atoms with van der Waals surface area (Å²) < 4.78 is 0. The molecule has 3 rings (SSSR count). The number of halogens is 2. The van der Waals surface area contributed by atoms with Crippen molar-refractivity contribution in [2.75, 3.05) is 0 Å². The lowest BCUT2D eigenvalue weighted by Crippen LogP contribution is -2.36. The molecule has 0 saturated heterocycles. The fourth-order valence-electron chi connectivity index (χ4n) is 2.94. The number of rotatable bonds is 1. The molecular formula is C14H14Cl2N2. The van der Waals surface area contributed by atoms with Crippen LogP contribution in [0, 0.1) is 0 Å². The highest BCUT2D eigenvalue weighted by Crippen LogP contribution is 2.47. The summed E-state index contributed by atoms with van der Waals surface area (Å²) in [5, 5.41) is 3.94. The van der Waals surface area contributed by atoms with Gasteiger partial charge in [-0.1, -0.05) is 48.9 Å². The maximum atomic E-state index is 6.23. The first kappa shape index (κ1) is 12.1. The van der Waals surface area contributed by atoms with E-state index in [1.165, 1.54) is 11.1 Å². The molecule has 2 nitrogen and oxygen atoms in total.